The summed E-state index contributed by atoms with van der Waals surface area (Å²) >= 11 is 0. The molecule has 0 fully saturated rings. The molecule has 0 aromatic heterocycles. The van der Waals surface area contributed by atoms with Crippen LogP contribution in [0.4, 0.5) is 0 Å². The normalized spacial score (nSPS) is 11.4. The Labute approximate surface area is 131 Å². The molecule has 110 valence electrons. The van der Waals surface area contributed by atoms with Crippen LogP contribution < -0.4 is 0 Å². The average Bonchev–Trinajstić information content (AvgIpc) is 2.55. The van der Waals surface area contributed by atoms with Crippen LogP contribution in [0.15, 0.2) is 78.9 Å². The summed E-state index contributed by atoms with van der Waals surface area (Å²) in [6.45, 7) is 3.66. The van der Waals surface area contributed by atoms with Gasteiger partial charge in [-0.2, -0.15) is 0 Å². The molecule has 3 rings (SSSR count). The Morgan fingerprint density at radius 1 is 0.591 bits per heavy atom. The minimum absolute atomic E-state index is 0.875. The van der Waals surface area contributed by atoms with Gasteiger partial charge in [-0.1, -0.05) is 78.9 Å². The Morgan fingerprint density at radius 2 is 1.09 bits per heavy atom. The molecule has 1 heteroatoms. The summed E-state index contributed by atoms with van der Waals surface area (Å²) < 4.78 is 0. The zero-order valence-corrected chi connectivity index (χ0v) is 13.0. The molecule has 0 saturated carbocycles. The van der Waals surface area contributed by atoms with Crippen molar-refractivity contribution in [1.29, 1.82) is 0 Å². The van der Waals surface area contributed by atoms with Gasteiger partial charge >= 0.3 is 0 Å². The van der Waals surface area contributed by atoms with Crippen LogP contribution in [-0.2, 0) is 5.60 Å². The van der Waals surface area contributed by atoms with E-state index in [0.717, 1.165) is 16.7 Å². The highest BCUT2D eigenvalue weighted by molar-refractivity contribution is 5.85. The smallest absolute Gasteiger partial charge is 0.0846 e. The number of aliphatic hydroxyl groups is 1. The summed E-state index contributed by atoms with van der Waals surface area (Å²) in [6.07, 6.45) is 0. The minimum atomic E-state index is -0.875. The molecule has 0 saturated heterocycles. The molecule has 1 nitrogen and oxygen atoms in total. The summed E-state index contributed by atoms with van der Waals surface area (Å²) in [5.41, 5.74) is 4.66. The van der Waals surface area contributed by atoms with Crippen LogP contribution in [0, 0.1) is 0 Å². The zero-order valence-electron chi connectivity index (χ0n) is 13.0. The summed E-state index contributed by atoms with van der Waals surface area (Å²) in [7, 11) is 0. The Bertz CT molecular complexity index is 767. The molecule has 0 aliphatic carbocycles. The molecule has 0 heterocycles. The third-order valence-electron chi connectivity index (χ3n) is 3.89. The summed E-state index contributed by atoms with van der Waals surface area (Å²) in [5.74, 6) is 0. The van der Waals surface area contributed by atoms with Gasteiger partial charge in [0.15, 0.2) is 0 Å². The maximum atomic E-state index is 10.5. The molecule has 3 aromatic carbocycles. The monoisotopic (exact) mass is 288 g/mol. The molecule has 0 amide bonds. The van der Waals surface area contributed by atoms with Crippen molar-refractivity contribution in [1.82, 2.24) is 0 Å². The molecule has 22 heavy (non-hydrogen) atoms. The Hall–Kier alpha value is -2.38. The third kappa shape index (κ3) is 2.81. The minimum Gasteiger partial charge on any atom is -0.386 e. The van der Waals surface area contributed by atoms with Crippen molar-refractivity contribution in [2.75, 3.05) is 0 Å². The second-order valence-electron chi connectivity index (χ2n) is 6.02. The summed E-state index contributed by atoms with van der Waals surface area (Å²) in [4.78, 5) is 0. The van der Waals surface area contributed by atoms with Crippen LogP contribution in [0.2, 0.25) is 0 Å². The lowest BCUT2D eigenvalue weighted by Gasteiger charge is -2.23. The van der Waals surface area contributed by atoms with Crippen molar-refractivity contribution in [2.45, 2.75) is 19.4 Å². The van der Waals surface area contributed by atoms with Crippen molar-refractivity contribution < 1.29 is 5.11 Å². The first-order valence-corrected chi connectivity index (χ1v) is 7.54. The predicted octanol–water partition coefficient (Wildman–Crippen LogP) is 5.25. The van der Waals surface area contributed by atoms with E-state index < -0.39 is 5.60 Å². The first kappa shape index (κ1) is 14.6. The van der Waals surface area contributed by atoms with E-state index in [9.17, 15) is 5.11 Å². The van der Waals surface area contributed by atoms with E-state index in [1.165, 1.54) is 11.1 Å². The van der Waals surface area contributed by atoms with Gasteiger partial charge in [0, 0.05) is 0 Å². The van der Waals surface area contributed by atoms with Gasteiger partial charge in [-0.25, -0.2) is 0 Å². The van der Waals surface area contributed by atoms with Gasteiger partial charge < -0.3 is 5.11 Å². The van der Waals surface area contributed by atoms with Gasteiger partial charge in [-0.3, -0.25) is 0 Å². The Balaban J connectivity index is 2.24. The molecule has 1 N–H and O–H groups in total. The fourth-order valence-electron chi connectivity index (χ4n) is 2.84. The fourth-order valence-corrected chi connectivity index (χ4v) is 2.84. The molecule has 0 unspecified atom stereocenters. The van der Waals surface area contributed by atoms with Crippen molar-refractivity contribution in [3.8, 4) is 22.3 Å². The van der Waals surface area contributed by atoms with Crippen LogP contribution in [0.1, 0.15) is 19.4 Å². The molecule has 0 atom stereocenters. The molecule has 0 radical (unpaired) electrons. The number of rotatable bonds is 3. The first-order valence-electron chi connectivity index (χ1n) is 7.54. The number of benzene rings is 3. The van der Waals surface area contributed by atoms with Crippen LogP contribution in [0.5, 0.6) is 0 Å². The summed E-state index contributed by atoms with van der Waals surface area (Å²) in [5, 5.41) is 10.5. The highest BCUT2D eigenvalue weighted by Gasteiger charge is 2.21. The maximum absolute atomic E-state index is 10.5. The molecule has 0 spiro atoms. The van der Waals surface area contributed by atoms with Gasteiger partial charge in [0.25, 0.3) is 0 Å². The topological polar surface area (TPSA) is 20.2 Å². The van der Waals surface area contributed by atoms with E-state index in [0.29, 0.717) is 0 Å². The van der Waals surface area contributed by atoms with Crippen LogP contribution >= 0.6 is 0 Å². The van der Waals surface area contributed by atoms with Gasteiger partial charge in [0.1, 0.15) is 0 Å². The number of hydrogen-bond donors (Lipinski definition) is 1. The van der Waals surface area contributed by atoms with E-state index in [1.807, 2.05) is 56.3 Å². The molecule has 0 aliphatic heterocycles. The second-order valence-corrected chi connectivity index (χ2v) is 6.02. The lowest BCUT2D eigenvalue weighted by Crippen LogP contribution is -2.16. The van der Waals surface area contributed by atoms with Crippen molar-refractivity contribution in [3.05, 3.63) is 84.4 Å². The molecular formula is C21H20O. The highest BCUT2D eigenvalue weighted by Crippen LogP contribution is 2.37. The standard InChI is InChI=1S/C21H20O/c1-21(2,22)20-15-9-8-14-19(20)18-13-7-6-12-17(18)16-10-4-3-5-11-16/h3-15,22H,1-2H3. The van der Waals surface area contributed by atoms with Crippen LogP contribution in [-0.4, -0.2) is 5.11 Å². The van der Waals surface area contributed by atoms with Gasteiger partial charge in [-0.15, -0.1) is 0 Å². The van der Waals surface area contributed by atoms with Crippen molar-refractivity contribution in [3.63, 3.8) is 0 Å². The molecule has 3 aromatic rings. The van der Waals surface area contributed by atoms with E-state index in [1.54, 1.807) is 0 Å². The second kappa shape index (κ2) is 5.78. The molecule has 0 aliphatic rings. The van der Waals surface area contributed by atoms with Crippen LogP contribution in [0.3, 0.4) is 0 Å². The van der Waals surface area contributed by atoms with Crippen molar-refractivity contribution in [2.24, 2.45) is 0 Å². The number of hydrogen-bond acceptors (Lipinski definition) is 1. The van der Waals surface area contributed by atoms with Crippen molar-refractivity contribution >= 4 is 0 Å². The lowest BCUT2D eigenvalue weighted by molar-refractivity contribution is 0.0792. The Kier molecular flexibility index (Phi) is 3.82. The quantitative estimate of drug-likeness (QED) is 0.698. The third-order valence-corrected chi connectivity index (χ3v) is 3.89. The SMILES string of the molecule is CC(C)(O)c1ccccc1-c1ccccc1-c1ccccc1. The predicted molar refractivity (Wildman–Crippen MR) is 92.6 cm³/mol. The van der Waals surface area contributed by atoms with E-state index in [2.05, 4.69) is 36.4 Å². The average molecular weight is 288 g/mol. The summed E-state index contributed by atoms with van der Waals surface area (Å²) in [6, 6.07) is 26.8. The lowest BCUT2D eigenvalue weighted by atomic mass is 9.86. The van der Waals surface area contributed by atoms with E-state index in [4.69, 9.17) is 0 Å². The van der Waals surface area contributed by atoms with Crippen LogP contribution in [0.25, 0.3) is 22.3 Å². The van der Waals surface area contributed by atoms with E-state index >= 15 is 0 Å². The fraction of sp³-hybridized carbons (Fsp3) is 0.143. The van der Waals surface area contributed by atoms with E-state index in [-0.39, 0.29) is 0 Å². The first-order chi connectivity index (χ1) is 10.6. The zero-order chi connectivity index (χ0) is 15.6. The molecule has 0 bridgehead atoms. The largest absolute Gasteiger partial charge is 0.386 e. The molecular weight excluding hydrogens is 268 g/mol. The maximum Gasteiger partial charge on any atom is 0.0846 e. The van der Waals surface area contributed by atoms with Gasteiger partial charge in [-0.05, 0) is 41.7 Å². The Morgan fingerprint density at radius 3 is 1.73 bits per heavy atom. The highest BCUT2D eigenvalue weighted by atomic mass is 16.3. The van der Waals surface area contributed by atoms with Gasteiger partial charge in [0.05, 0.1) is 5.60 Å². The van der Waals surface area contributed by atoms with Gasteiger partial charge in [0.2, 0.25) is 0 Å².